The summed E-state index contributed by atoms with van der Waals surface area (Å²) in [7, 11) is 3.92. The lowest BCUT2D eigenvalue weighted by molar-refractivity contribution is -0.125. The first-order valence-corrected chi connectivity index (χ1v) is 14.8. The van der Waals surface area contributed by atoms with E-state index >= 15 is 4.39 Å². The van der Waals surface area contributed by atoms with E-state index in [0.29, 0.717) is 49.6 Å². The summed E-state index contributed by atoms with van der Waals surface area (Å²) in [6.07, 6.45) is 5.96. The molecular weight excluding hydrogens is 557 g/mol. The molecule has 1 unspecified atom stereocenters. The molecule has 0 radical (unpaired) electrons. The summed E-state index contributed by atoms with van der Waals surface area (Å²) in [5, 5.41) is 6.06. The number of hydrogen-bond donors (Lipinski definition) is 0. The van der Waals surface area contributed by atoms with E-state index in [2.05, 4.69) is 33.5 Å². The van der Waals surface area contributed by atoms with Crippen LogP contribution in [-0.4, -0.2) is 87.9 Å². The van der Waals surface area contributed by atoms with E-state index in [1.54, 1.807) is 21.8 Å². The monoisotopic (exact) mass is 591 g/mol. The van der Waals surface area contributed by atoms with Crippen LogP contribution in [0.3, 0.4) is 0 Å². The van der Waals surface area contributed by atoms with E-state index in [4.69, 9.17) is 21.3 Å². The molecule has 220 valence electrons. The van der Waals surface area contributed by atoms with Crippen molar-refractivity contribution in [1.29, 1.82) is 0 Å². The first-order chi connectivity index (χ1) is 20.3. The highest BCUT2D eigenvalue weighted by Gasteiger charge is 2.27. The van der Waals surface area contributed by atoms with E-state index in [0.717, 1.165) is 42.3 Å². The lowest BCUT2D eigenvalue weighted by Gasteiger charge is -2.25. The highest BCUT2D eigenvalue weighted by molar-refractivity contribution is 6.35. The summed E-state index contributed by atoms with van der Waals surface area (Å²) < 4.78 is 24.7. The largest absolute Gasteiger partial charge is 0.462 e. The zero-order chi connectivity index (χ0) is 29.5. The average Bonchev–Trinajstić information content (AvgIpc) is 3.47. The summed E-state index contributed by atoms with van der Waals surface area (Å²) in [6, 6.07) is 6.06. The molecule has 2 saturated heterocycles. The Kier molecular flexibility index (Phi) is 7.76. The number of rotatable bonds is 6. The van der Waals surface area contributed by atoms with Crippen LogP contribution >= 0.6 is 11.6 Å². The second kappa shape index (κ2) is 11.5. The molecule has 6 rings (SSSR count). The number of benzene rings is 2. The molecule has 9 nitrogen and oxygen atoms in total. The third-order valence-corrected chi connectivity index (χ3v) is 8.86. The number of carbonyl (C=O) groups excluding carboxylic acids is 1. The van der Waals surface area contributed by atoms with Gasteiger partial charge in [-0.1, -0.05) is 30.3 Å². The number of likely N-dealkylation sites (N-methyl/N-ethyl adjacent to an activating group) is 1. The number of halogens is 2. The van der Waals surface area contributed by atoms with Gasteiger partial charge in [0.1, 0.15) is 17.9 Å². The van der Waals surface area contributed by atoms with Crippen molar-refractivity contribution in [2.45, 2.75) is 32.2 Å². The normalized spacial score (nSPS) is 18.2. The molecular formula is C31H35ClFN7O2. The number of carbonyl (C=O) groups is 1. The molecule has 2 aliphatic heterocycles. The molecule has 0 N–H and O–H groups in total. The van der Waals surface area contributed by atoms with Crippen LogP contribution in [0.5, 0.6) is 6.01 Å². The minimum atomic E-state index is -0.529. The summed E-state index contributed by atoms with van der Waals surface area (Å²) >= 11 is 6.92. The van der Waals surface area contributed by atoms with Crippen molar-refractivity contribution in [1.82, 2.24) is 29.5 Å². The Labute approximate surface area is 249 Å². The van der Waals surface area contributed by atoms with Crippen molar-refractivity contribution in [2.75, 3.05) is 51.3 Å². The molecule has 11 heteroatoms. The zero-order valence-corrected chi connectivity index (χ0v) is 25.0. The molecule has 2 aromatic carbocycles. The highest BCUT2D eigenvalue weighted by atomic mass is 35.5. The number of anilines is 1. The van der Waals surface area contributed by atoms with Crippen LogP contribution in [0.1, 0.15) is 24.8 Å². The standard InChI is InChI=1S/C31H35ClFN7O2/c1-5-24(41)39-12-7-13-40(15-14-39)30-22-16-23(32)26(25-19(2)9-10-20-17-34-38(4)29(20)25)27(33)28(22)35-31(36-30)42-18-21-8-6-11-37(21)3/h5,9-10,16-17,21H,1,6-8,11-15,18H2,2-4H3. The van der Waals surface area contributed by atoms with Crippen LogP contribution in [-0.2, 0) is 11.8 Å². The van der Waals surface area contributed by atoms with Crippen LogP contribution < -0.4 is 9.64 Å². The molecule has 2 aromatic heterocycles. The number of fused-ring (bicyclic) bond motifs is 2. The Hall–Kier alpha value is -3.76. The number of ether oxygens (including phenoxy) is 1. The molecule has 2 aliphatic rings. The Bertz CT molecular complexity index is 1690. The van der Waals surface area contributed by atoms with Gasteiger partial charge in [-0.25, -0.2) is 4.39 Å². The van der Waals surface area contributed by atoms with Crippen LogP contribution in [0.15, 0.2) is 37.1 Å². The molecule has 4 aromatic rings. The fraction of sp³-hybridized carbons (Fsp3) is 0.419. The number of aromatic nitrogens is 4. The zero-order valence-electron chi connectivity index (χ0n) is 24.2. The lowest BCUT2D eigenvalue weighted by Crippen LogP contribution is -2.34. The van der Waals surface area contributed by atoms with Gasteiger partial charge in [-0.2, -0.15) is 15.1 Å². The molecule has 0 aliphatic carbocycles. The van der Waals surface area contributed by atoms with Gasteiger partial charge >= 0.3 is 6.01 Å². The summed E-state index contributed by atoms with van der Waals surface area (Å²) in [5.74, 6) is -0.0860. The fourth-order valence-corrected chi connectivity index (χ4v) is 6.50. The Morgan fingerprint density at radius 2 is 1.98 bits per heavy atom. The van der Waals surface area contributed by atoms with Crippen LogP contribution in [0.4, 0.5) is 10.2 Å². The van der Waals surface area contributed by atoms with E-state index in [1.807, 2.05) is 26.1 Å². The first-order valence-electron chi connectivity index (χ1n) is 14.4. The summed E-state index contributed by atoms with van der Waals surface area (Å²) in [5.41, 5.74) is 2.78. The maximum Gasteiger partial charge on any atom is 0.319 e. The van der Waals surface area contributed by atoms with E-state index < -0.39 is 5.82 Å². The summed E-state index contributed by atoms with van der Waals surface area (Å²) in [4.78, 5) is 27.9. The van der Waals surface area contributed by atoms with Crippen molar-refractivity contribution in [2.24, 2.45) is 7.05 Å². The third-order valence-electron chi connectivity index (χ3n) is 8.56. The molecule has 1 atom stereocenters. The Morgan fingerprint density at radius 1 is 1.14 bits per heavy atom. The number of amides is 1. The van der Waals surface area contributed by atoms with Crippen molar-refractivity contribution >= 4 is 45.1 Å². The predicted molar refractivity (Wildman–Crippen MR) is 164 cm³/mol. The second-order valence-corrected chi connectivity index (χ2v) is 11.6. The van der Waals surface area contributed by atoms with Crippen LogP contribution in [0, 0.1) is 12.7 Å². The van der Waals surface area contributed by atoms with Crippen molar-refractivity contribution in [3.05, 3.63) is 53.5 Å². The SMILES string of the molecule is C=CC(=O)N1CCCN(c2nc(OCC3CCCN3C)nc3c(F)c(-c4c(C)ccc5cnn(C)c45)c(Cl)cc23)CC1. The number of likely N-dealkylation sites (tertiary alicyclic amines) is 1. The van der Waals surface area contributed by atoms with Crippen LogP contribution in [0.25, 0.3) is 32.9 Å². The maximum atomic E-state index is 16.8. The smallest absolute Gasteiger partial charge is 0.319 e. The second-order valence-electron chi connectivity index (χ2n) is 11.2. The van der Waals surface area contributed by atoms with Gasteiger partial charge < -0.3 is 19.4 Å². The van der Waals surface area contributed by atoms with Gasteiger partial charge in [0, 0.05) is 61.2 Å². The quantitative estimate of drug-likeness (QED) is 0.293. The van der Waals surface area contributed by atoms with E-state index in [-0.39, 0.29) is 34.1 Å². The van der Waals surface area contributed by atoms with Crippen molar-refractivity contribution in [3.8, 4) is 17.1 Å². The Balaban J connectivity index is 1.49. The topological polar surface area (TPSA) is 79.6 Å². The first kappa shape index (κ1) is 28.4. The Morgan fingerprint density at radius 3 is 2.74 bits per heavy atom. The van der Waals surface area contributed by atoms with Gasteiger partial charge in [-0.15, -0.1) is 0 Å². The molecule has 42 heavy (non-hydrogen) atoms. The van der Waals surface area contributed by atoms with Gasteiger partial charge in [0.05, 0.1) is 16.7 Å². The lowest BCUT2D eigenvalue weighted by atomic mass is 9.96. The molecule has 1 amide bonds. The van der Waals surface area contributed by atoms with E-state index in [9.17, 15) is 4.79 Å². The van der Waals surface area contributed by atoms with Gasteiger partial charge in [-0.05, 0) is 57.5 Å². The molecule has 4 heterocycles. The number of aryl methyl sites for hydroxylation is 2. The summed E-state index contributed by atoms with van der Waals surface area (Å²) in [6.45, 7) is 9.25. The average molecular weight is 592 g/mol. The van der Waals surface area contributed by atoms with Gasteiger partial charge in [0.25, 0.3) is 0 Å². The minimum Gasteiger partial charge on any atom is -0.462 e. The van der Waals surface area contributed by atoms with Crippen LogP contribution in [0.2, 0.25) is 5.02 Å². The van der Waals surface area contributed by atoms with Gasteiger partial charge in [0.2, 0.25) is 5.91 Å². The molecule has 0 saturated carbocycles. The number of nitrogens with zero attached hydrogens (tertiary/aromatic N) is 7. The van der Waals surface area contributed by atoms with Gasteiger partial charge in [0.15, 0.2) is 5.82 Å². The number of hydrogen-bond acceptors (Lipinski definition) is 7. The highest BCUT2D eigenvalue weighted by Crippen LogP contribution is 2.42. The van der Waals surface area contributed by atoms with E-state index in [1.165, 1.54) is 6.08 Å². The van der Waals surface area contributed by atoms with Crippen molar-refractivity contribution < 1.29 is 13.9 Å². The van der Waals surface area contributed by atoms with Crippen molar-refractivity contribution in [3.63, 3.8) is 0 Å². The third kappa shape index (κ3) is 5.07. The molecule has 2 fully saturated rings. The maximum absolute atomic E-state index is 16.8. The van der Waals surface area contributed by atoms with Gasteiger partial charge in [-0.3, -0.25) is 9.48 Å². The fourth-order valence-electron chi connectivity index (χ4n) is 6.22. The molecule has 0 bridgehead atoms. The minimum absolute atomic E-state index is 0.104. The molecule has 0 spiro atoms. The predicted octanol–water partition coefficient (Wildman–Crippen LogP) is 4.98.